The number of benzene rings is 1. The normalized spacial score (nSPS) is 12.2. The van der Waals surface area contributed by atoms with Crippen LogP contribution in [0.4, 0.5) is 0 Å². The molecule has 90 valence electrons. The Bertz CT molecular complexity index is 442. The maximum atomic E-state index is 5.31. The van der Waals surface area contributed by atoms with E-state index in [1.807, 2.05) is 43.3 Å². The van der Waals surface area contributed by atoms with E-state index in [4.69, 9.17) is 9.47 Å². The highest BCUT2D eigenvalue weighted by Gasteiger charge is 2.02. The van der Waals surface area contributed by atoms with Gasteiger partial charge in [-0.1, -0.05) is 30.9 Å². The van der Waals surface area contributed by atoms with Crippen LogP contribution in [0.3, 0.4) is 0 Å². The van der Waals surface area contributed by atoms with Crippen LogP contribution < -0.4 is 4.74 Å². The largest absolute Gasteiger partial charge is 0.497 e. The van der Waals surface area contributed by atoms with Crippen molar-refractivity contribution in [2.24, 2.45) is 0 Å². The fourth-order valence-corrected chi connectivity index (χ4v) is 1.49. The Morgan fingerprint density at radius 3 is 2.47 bits per heavy atom. The van der Waals surface area contributed by atoms with Gasteiger partial charge in [-0.05, 0) is 30.7 Å². The lowest BCUT2D eigenvalue weighted by Gasteiger charge is -2.07. The predicted octanol–water partition coefficient (Wildman–Crippen LogP) is 3.81. The molecule has 0 atom stereocenters. The predicted molar refractivity (Wildman–Crippen MR) is 71.9 cm³/mol. The van der Waals surface area contributed by atoms with E-state index in [9.17, 15) is 0 Å². The molecule has 0 radical (unpaired) electrons. The summed E-state index contributed by atoms with van der Waals surface area (Å²) < 4.78 is 10.4. The van der Waals surface area contributed by atoms with E-state index in [1.165, 1.54) is 0 Å². The lowest BCUT2D eigenvalue weighted by atomic mass is 10.1. The summed E-state index contributed by atoms with van der Waals surface area (Å²) >= 11 is 0. The van der Waals surface area contributed by atoms with Gasteiger partial charge in [0.05, 0.1) is 14.2 Å². The van der Waals surface area contributed by atoms with Gasteiger partial charge < -0.3 is 9.47 Å². The van der Waals surface area contributed by atoms with E-state index in [0.29, 0.717) is 0 Å². The van der Waals surface area contributed by atoms with Gasteiger partial charge in [0.1, 0.15) is 11.5 Å². The minimum Gasteiger partial charge on any atom is -0.497 e. The van der Waals surface area contributed by atoms with Crippen molar-refractivity contribution in [3.63, 3.8) is 0 Å². The van der Waals surface area contributed by atoms with Crippen molar-refractivity contribution in [2.75, 3.05) is 14.2 Å². The van der Waals surface area contributed by atoms with Crippen molar-refractivity contribution in [1.29, 1.82) is 0 Å². The second kappa shape index (κ2) is 6.59. The van der Waals surface area contributed by atoms with E-state index in [0.717, 1.165) is 22.6 Å². The number of methoxy groups -OCH3 is 2. The molecule has 0 aromatic heterocycles. The zero-order valence-corrected chi connectivity index (χ0v) is 10.6. The molecule has 0 unspecified atom stereocenters. The van der Waals surface area contributed by atoms with Gasteiger partial charge in [0.25, 0.3) is 0 Å². The van der Waals surface area contributed by atoms with Crippen molar-refractivity contribution >= 4 is 5.57 Å². The van der Waals surface area contributed by atoms with Gasteiger partial charge in [-0.25, -0.2) is 0 Å². The molecule has 0 amide bonds. The highest BCUT2D eigenvalue weighted by molar-refractivity contribution is 5.70. The molecule has 0 heterocycles. The minimum atomic E-state index is 0.735. The van der Waals surface area contributed by atoms with E-state index >= 15 is 0 Å². The average molecular weight is 230 g/mol. The first-order valence-corrected chi connectivity index (χ1v) is 5.41. The first kappa shape index (κ1) is 13.1. The molecule has 0 aliphatic rings. The lowest BCUT2D eigenvalue weighted by Crippen LogP contribution is -1.89. The third-order valence-electron chi connectivity index (χ3n) is 2.47. The highest BCUT2D eigenvalue weighted by atomic mass is 16.5. The topological polar surface area (TPSA) is 18.5 Å². The smallest absolute Gasteiger partial charge is 0.126 e. The fraction of sp³-hybridized carbons (Fsp3) is 0.200. The molecule has 0 saturated heterocycles. The molecule has 0 saturated carbocycles. The number of rotatable bonds is 5. The quantitative estimate of drug-likeness (QED) is 0.565. The summed E-state index contributed by atoms with van der Waals surface area (Å²) in [5.41, 5.74) is 2.18. The zero-order chi connectivity index (χ0) is 12.7. The third-order valence-corrected chi connectivity index (χ3v) is 2.47. The van der Waals surface area contributed by atoms with Gasteiger partial charge in [-0.2, -0.15) is 0 Å². The first-order chi connectivity index (χ1) is 8.22. The second-order valence-electron chi connectivity index (χ2n) is 3.53. The Kier molecular flexibility index (Phi) is 5.08. The van der Waals surface area contributed by atoms with Crippen LogP contribution in [0.15, 0.2) is 54.8 Å². The van der Waals surface area contributed by atoms with Crippen molar-refractivity contribution < 1.29 is 9.47 Å². The van der Waals surface area contributed by atoms with Crippen LogP contribution in [0, 0.1) is 0 Å². The maximum absolute atomic E-state index is 5.31. The van der Waals surface area contributed by atoms with Gasteiger partial charge in [0, 0.05) is 5.56 Å². The highest BCUT2D eigenvalue weighted by Crippen LogP contribution is 2.25. The van der Waals surface area contributed by atoms with Gasteiger partial charge in [0.2, 0.25) is 0 Å². The summed E-state index contributed by atoms with van der Waals surface area (Å²) in [6, 6.07) is 7.92. The molecule has 2 nitrogen and oxygen atoms in total. The van der Waals surface area contributed by atoms with Gasteiger partial charge in [0.15, 0.2) is 0 Å². The van der Waals surface area contributed by atoms with Crippen molar-refractivity contribution in [1.82, 2.24) is 0 Å². The molecule has 0 N–H and O–H groups in total. The number of ether oxygens (including phenoxy) is 2. The molecular formula is C15H18O2. The van der Waals surface area contributed by atoms with E-state index in [-0.39, 0.29) is 0 Å². The molecule has 0 aliphatic carbocycles. The number of hydrogen-bond donors (Lipinski definition) is 0. The van der Waals surface area contributed by atoms with Crippen LogP contribution in [-0.2, 0) is 4.74 Å². The monoisotopic (exact) mass is 230 g/mol. The summed E-state index contributed by atoms with van der Waals surface area (Å²) in [6.07, 6.45) is 5.54. The number of hydrogen-bond acceptors (Lipinski definition) is 2. The van der Waals surface area contributed by atoms with Crippen LogP contribution in [-0.4, -0.2) is 14.2 Å². The second-order valence-corrected chi connectivity index (χ2v) is 3.53. The first-order valence-electron chi connectivity index (χ1n) is 5.41. The molecule has 1 rings (SSSR count). The lowest BCUT2D eigenvalue weighted by molar-refractivity contribution is 0.307. The van der Waals surface area contributed by atoms with E-state index in [1.54, 1.807) is 20.3 Å². The number of allylic oxidation sites excluding steroid dienone is 4. The molecule has 0 fully saturated rings. The maximum Gasteiger partial charge on any atom is 0.126 e. The SMILES string of the molecule is C=C/C(=C\C=C(/C)c1ccccc1OC)OC. The van der Waals surface area contributed by atoms with Crippen LogP contribution in [0.2, 0.25) is 0 Å². The average Bonchev–Trinajstić information content (AvgIpc) is 2.39. The molecule has 1 aromatic carbocycles. The molecular weight excluding hydrogens is 212 g/mol. The van der Waals surface area contributed by atoms with Crippen LogP contribution >= 0.6 is 0 Å². The van der Waals surface area contributed by atoms with E-state index in [2.05, 4.69) is 6.58 Å². The van der Waals surface area contributed by atoms with Crippen molar-refractivity contribution in [3.05, 3.63) is 60.4 Å². The summed E-state index contributed by atoms with van der Waals surface area (Å²) in [7, 11) is 3.30. The molecule has 1 aromatic rings. The summed E-state index contributed by atoms with van der Waals surface area (Å²) in [6.45, 7) is 5.70. The van der Waals surface area contributed by atoms with Crippen LogP contribution in [0.5, 0.6) is 5.75 Å². The van der Waals surface area contributed by atoms with Gasteiger partial charge in [-0.15, -0.1) is 0 Å². The standard InChI is InChI=1S/C15H18O2/c1-5-13(16-3)11-10-12(2)14-8-6-7-9-15(14)17-4/h5-11H,1H2,2-4H3/b12-10+,13-11+. The Labute approximate surface area is 103 Å². The van der Waals surface area contributed by atoms with Gasteiger partial charge in [-0.3, -0.25) is 0 Å². The van der Waals surface area contributed by atoms with Crippen LogP contribution in [0.1, 0.15) is 12.5 Å². The Morgan fingerprint density at radius 1 is 1.18 bits per heavy atom. The number of para-hydroxylation sites is 1. The van der Waals surface area contributed by atoms with Crippen LogP contribution in [0.25, 0.3) is 5.57 Å². The molecule has 2 heteroatoms. The molecule has 0 spiro atoms. The Morgan fingerprint density at radius 2 is 1.88 bits per heavy atom. The minimum absolute atomic E-state index is 0.735. The molecule has 0 bridgehead atoms. The van der Waals surface area contributed by atoms with Crippen molar-refractivity contribution in [2.45, 2.75) is 6.92 Å². The zero-order valence-electron chi connectivity index (χ0n) is 10.6. The van der Waals surface area contributed by atoms with Crippen molar-refractivity contribution in [3.8, 4) is 5.75 Å². The molecule has 17 heavy (non-hydrogen) atoms. The Balaban J connectivity index is 3.03. The summed E-state index contributed by atoms with van der Waals surface area (Å²) in [5, 5.41) is 0. The summed E-state index contributed by atoms with van der Waals surface area (Å²) in [4.78, 5) is 0. The fourth-order valence-electron chi connectivity index (χ4n) is 1.49. The van der Waals surface area contributed by atoms with E-state index < -0.39 is 0 Å². The summed E-state index contributed by atoms with van der Waals surface area (Å²) in [5.74, 6) is 1.60. The molecule has 0 aliphatic heterocycles. The van der Waals surface area contributed by atoms with Gasteiger partial charge >= 0.3 is 0 Å². The third kappa shape index (κ3) is 3.52. The Hall–Kier alpha value is -1.96.